The van der Waals surface area contributed by atoms with Gasteiger partial charge in [0.1, 0.15) is 0 Å². The van der Waals surface area contributed by atoms with Crippen LogP contribution in [0.2, 0.25) is 0 Å². The molecule has 1 saturated heterocycles. The quantitative estimate of drug-likeness (QED) is 0.348. The van der Waals surface area contributed by atoms with Crippen molar-refractivity contribution in [2.24, 2.45) is 0 Å². The zero-order chi connectivity index (χ0) is 16.3. The molecule has 0 spiro atoms. The normalized spacial score (nSPS) is 24.0. The van der Waals surface area contributed by atoms with Gasteiger partial charge >= 0.3 is 0 Å². The lowest BCUT2D eigenvalue weighted by atomic mass is 10.0. The minimum Gasteiger partial charge on any atom is -0.0817 e. The van der Waals surface area contributed by atoms with Crippen molar-refractivity contribution in [3.05, 3.63) is 0 Å². The predicted octanol–water partition coefficient (Wildman–Crippen LogP) is 9.83. The summed E-state index contributed by atoms with van der Waals surface area (Å²) in [7, 11) is 11.9. The predicted molar refractivity (Wildman–Crippen MR) is 125 cm³/mol. The van der Waals surface area contributed by atoms with Crippen molar-refractivity contribution in [2.75, 3.05) is 11.5 Å². The fourth-order valence-electron chi connectivity index (χ4n) is 2.75. The summed E-state index contributed by atoms with van der Waals surface area (Å²) in [6, 6.07) is 0. The van der Waals surface area contributed by atoms with Gasteiger partial charge in [-0.3, -0.25) is 0 Å². The van der Waals surface area contributed by atoms with Crippen LogP contribution in [0.3, 0.4) is 0 Å². The Morgan fingerprint density at radius 2 is 0.522 bits per heavy atom. The molecular weight excluding hydrogens is 397 g/mol. The van der Waals surface area contributed by atoms with E-state index in [1.54, 1.807) is 0 Å². The Hall–Kier alpha value is 2.10. The first-order valence-corrected chi connectivity index (χ1v) is 17.2. The second-order valence-electron chi connectivity index (χ2n) is 6.22. The van der Waals surface area contributed by atoms with Crippen LogP contribution in [-0.4, -0.2) is 11.5 Å². The van der Waals surface area contributed by atoms with Gasteiger partial charge < -0.3 is 0 Å². The maximum atomic E-state index is 2.05. The van der Waals surface area contributed by atoms with Crippen molar-refractivity contribution < 1.29 is 0 Å². The summed E-state index contributed by atoms with van der Waals surface area (Å²) in [4.78, 5) is 0. The van der Waals surface area contributed by atoms with Gasteiger partial charge in [-0.15, -0.1) is 0 Å². The number of hydrogen-bond donors (Lipinski definition) is 0. The highest BCUT2D eigenvalue weighted by molar-refractivity contribution is 9.41. The van der Waals surface area contributed by atoms with Gasteiger partial charge in [-0.05, 0) is 52.1 Å². The molecule has 138 valence electrons. The lowest BCUT2D eigenvalue weighted by molar-refractivity contribution is 0.535. The van der Waals surface area contributed by atoms with Crippen molar-refractivity contribution in [3.63, 3.8) is 0 Å². The van der Waals surface area contributed by atoms with Crippen LogP contribution in [0.1, 0.15) is 96.3 Å². The van der Waals surface area contributed by atoms with E-state index in [0.29, 0.717) is 0 Å². The topological polar surface area (TPSA) is 0 Å². The molecule has 1 aliphatic rings. The standard InChI is InChI=1S/C17H34S6/c1-2-4-6-8-10-12-14-16-18-20-22-23-21-19-17-15-13-11-9-7-5-3-1/h1-17H2. The van der Waals surface area contributed by atoms with Crippen molar-refractivity contribution in [2.45, 2.75) is 96.3 Å². The fourth-order valence-corrected chi connectivity index (χ4v) is 14.5. The van der Waals surface area contributed by atoms with Gasteiger partial charge in [0.25, 0.3) is 0 Å². The fraction of sp³-hybridized carbons (Fsp3) is 1.00. The molecule has 0 aliphatic carbocycles. The van der Waals surface area contributed by atoms with Gasteiger partial charge in [0.2, 0.25) is 0 Å². The summed E-state index contributed by atoms with van der Waals surface area (Å²) in [6.07, 6.45) is 21.9. The van der Waals surface area contributed by atoms with Gasteiger partial charge in [-0.25, -0.2) is 0 Å². The third-order valence-electron chi connectivity index (χ3n) is 4.13. The first kappa shape index (κ1) is 23.1. The maximum absolute atomic E-state index is 2.05. The lowest BCUT2D eigenvalue weighted by Gasteiger charge is -2.03. The Bertz CT molecular complexity index is 123. The second kappa shape index (κ2) is 20.4. The molecule has 0 aromatic rings. The van der Waals surface area contributed by atoms with Crippen LogP contribution in [0.15, 0.2) is 0 Å². The van der Waals surface area contributed by atoms with E-state index in [9.17, 15) is 0 Å². The van der Waals surface area contributed by atoms with Crippen molar-refractivity contribution >= 4 is 60.9 Å². The summed E-state index contributed by atoms with van der Waals surface area (Å²) >= 11 is 0. The molecule has 1 fully saturated rings. The lowest BCUT2D eigenvalue weighted by Crippen LogP contribution is -1.84. The SMILES string of the molecule is C1CCCCCCCCSSSSSSCCCCCCCC1. The van der Waals surface area contributed by atoms with Crippen LogP contribution in [0.5, 0.6) is 0 Å². The van der Waals surface area contributed by atoms with Crippen molar-refractivity contribution in [3.8, 4) is 0 Å². The number of hydrogen-bond acceptors (Lipinski definition) is 6. The zero-order valence-electron chi connectivity index (χ0n) is 14.5. The van der Waals surface area contributed by atoms with Crippen LogP contribution in [0.4, 0.5) is 0 Å². The molecule has 1 aliphatic heterocycles. The van der Waals surface area contributed by atoms with E-state index in [4.69, 9.17) is 0 Å². The Balaban J connectivity index is 2.00. The van der Waals surface area contributed by atoms with Crippen molar-refractivity contribution in [1.82, 2.24) is 0 Å². The highest BCUT2D eigenvalue weighted by Crippen LogP contribution is 2.52. The van der Waals surface area contributed by atoms with E-state index < -0.39 is 0 Å². The van der Waals surface area contributed by atoms with E-state index in [2.05, 4.69) is 0 Å². The van der Waals surface area contributed by atoms with Gasteiger partial charge in [0.15, 0.2) is 0 Å². The molecule has 23 heavy (non-hydrogen) atoms. The molecule has 0 aromatic carbocycles. The third kappa shape index (κ3) is 18.7. The second-order valence-corrected chi connectivity index (χ2v) is 16.0. The molecule has 1 rings (SSSR count). The molecular formula is C17H34S6. The van der Waals surface area contributed by atoms with E-state index in [-0.39, 0.29) is 0 Å². The van der Waals surface area contributed by atoms with Crippen LogP contribution in [-0.2, 0) is 0 Å². The molecule has 0 nitrogen and oxygen atoms in total. The molecule has 0 amide bonds. The van der Waals surface area contributed by atoms with Gasteiger partial charge in [-0.2, -0.15) is 0 Å². The summed E-state index contributed by atoms with van der Waals surface area (Å²) in [5.74, 6) is 2.66. The Morgan fingerprint density at radius 1 is 0.261 bits per heavy atom. The largest absolute Gasteiger partial charge is 0.0817 e. The molecule has 1 heterocycles. The van der Waals surface area contributed by atoms with E-state index >= 15 is 0 Å². The molecule has 0 saturated carbocycles. The molecule has 0 atom stereocenters. The molecule has 0 aromatic heterocycles. The Morgan fingerprint density at radius 3 is 0.826 bits per heavy atom. The molecule has 0 N–H and O–H groups in total. The average Bonchev–Trinajstić information content (AvgIpc) is 2.56. The van der Waals surface area contributed by atoms with E-state index in [1.807, 2.05) is 60.9 Å². The minimum absolute atomic E-state index is 1.33. The molecule has 0 bridgehead atoms. The first-order chi connectivity index (χ1) is 11.5. The zero-order valence-corrected chi connectivity index (χ0v) is 19.4. The minimum atomic E-state index is 1.33. The molecule has 6 heteroatoms. The molecule has 0 unspecified atom stereocenters. The third-order valence-corrected chi connectivity index (χ3v) is 15.2. The Kier molecular flexibility index (Phi) is 20.5. The highest BCUT2D eigenvalue weighted by Gasteiger charge is 1.98. The van der Waals surface area contributed by atoms with Crippen LogP contribution in [0, 0.1) is 0 Å². The van der Waals surface area contributed by atoms with Crippen LogP contribution < -0.4 is 0 Å². The van der Waals surface area contributed by atoms with Gasteiger partial charge in [0, 0.05) is 11.5 Å². The summed E-state index contributed by atoms with van der Waals surface area (Å²) in [5, 5.41) is 0. The monoisotopic (exact) mass is 430 g/mol. The van der Waals surface area contributed by atoms with Crippen LogP contribution >= 0.6 is 60.9 Å². The highest BCUT2D eigenvalue weighted by atomic mass is 33.9. The van der Waals surface area contributed by atoms with Crippen molar-refractivity contribution in [1.29, 1.82) is 0 Å². The van der Waals surface area contributed by atoms with E-state index in [1.165, 1.54) is 108 Å². The van der Waals surface area contributed by atoms with Gasteiger partial charge in [-0.1, -0.05) is 105 Å². The van der Waals surface area contributed by atoms with Crippen LogP contribution in [0.25, 0.3) is 0 Å². The first-order valence-electron chi connectivity index (χ1n) is 9.41. The molecule has 0 radical (unpaired) electrons. The summed E-state index contributed by atoms with van der Waals surface area (Å²) < 4.78 is 0. The maximum Gasteiger partial charge on any atom is 0.00454 e. The Labute approximate surface area is 167 Å². The van der Waals surface area contributed by atoms with E-state index in [0.717, 1.165) is 0 Å². The average molecular weight is 431 g/mol. The number of rotatable bonds is 0. The van der Waals surface area contributed by atoms with Gasteiger partial charge in [0.05, 0.1) is 0 Å². The smallest absolute Gasteiger partial charge is 0.00454 e. The summed E-state index contributed by atoms with van der Waals surface area (Å²) in [5.41, 5.74) is 0. The summed E-state index contributed by atoms with van der Waals surface area (Å²) in [6.45, 7) is 0.